The van der Waals surface area contributed by atoms with Crippen molar-refractivity contribution in [2.24, 2.45) is 5.73 Å². The second kappa shape index (κ2) is 6.35. The number of hydrogen-bond acceptors (Lipinski definition) is 3. The van der Waals surface area contributed by atoms with Crippen LogP contribution in [0.3, 0.4) is 0 Å². The summed E-state index contributed by atoms with van der Waals surface area (Å²) >= 11 is 0. The van der Waals surface area contributed by atoms with Gasteiger partial charge in [-0.3, -0.25) is 0 Å². The van der Waals surface area contributed by atoms with E-state index in [1.165, 1.54) is 6.07 Å². The molecule has 2 unspecified atom stereocenters. The Morgan fingerprint density at radius 3 is 2.95 bits per heavy atom. The number of ether oxygens (including phenoxy) is 1. The summed E-state index contributed by atoms with van der Waals surface area (Å²) in [5, 5.41) is 3.32. The van der Waals surface area contributed by atoms with Crippen LogP contribution in [0.1, 0.15) is 32.6 Å². The molecule has 2 rings (SSSR count). The molecule has 0 saturated carbocycles. The second-order valence-electron chi connectivity index (χ2n) is 5.32. The third-order valence-electron chi connectivity index (χ3n) is 3.83. The lowest BCUT2D eigenvalue weighted by molar-refractivity contribution is -0.0155. The maximum Gasteiger partial charge on any atom is 0.146 e. The average Bonchev–Trinajstić information content (AvgIpc) is 2.42. The summed E-state index contributed by atoms with van der Waals surface area (Å²) in [6, 6.07) is 6.75. The molecule has 1 aromatic rings. The van der Waals surface area contributed by atoms with Crippen molar-refractivity contribution in [1.82, 2.24) is 0 Å². The fourth-order valence-electron chi connectivity index (χ4n) is 2.72. The molecule has 0 aromatic heterocycles. The van der Waals surface area contributed by atoms with Crippen LogP contribution in [0.15, 0.2) is 24.3 Å². The molecule has 0 spiro atoms. The second-order valence-corrected chi connectivity index (χ2v) is 5.32. The molecule has 2 atom stereocenters. The standard InChI is InChI=1S/C15H23FN2O/c1-2-5-12-10-15(11-17,8-9-19-12)18-14-7-4-3-6-13(14)16/h3-4,6-7,12,18H,2,5,8-11,17H2,1H3. The van der Waals surface area contributed by atoms with Crippen molar-refractivity contribution >= 4 is 5.69 Å². The number of anilines is 1. The van der Waals surface area contributed by atoms with Gasteiger partial charge in [0.2, 0.25) is 0 Å². The summed E-state index contributed by atoms with van der Waals surface area (Å²) in [4.78, 5) is 0. The van der Waals surface area contributed by atoms with Crippen LogP contribution in [0.2, 0.25) is 0 Å². The summed E-state index contributed by atoms with van der Waals surface area (Å²) < 4.78 is 19.5. The van der Waals surface area contributed by atoms with Gasteiger partial charge in [-0.05, 0) is 31.4 Å². The van der Waals surface area contributed by atoms with Crippen LogP contribution in [0.4, 0.5) is 10.1 Å². The van der Waals surface area contributed by atoms with Crippen molar-refractivity contribution in [3.05, 3.63) is 30.1 Å². The zero-order valence-electron chi connectivity index (χ0n) is 11.5. The molecule has 0 aliphatic carbocycles. The molecule has 1 saturated heterocycles. The molecule has 1 aliphatic rings. The van der Waals surface area contributed by atoms with Gasteiger partial charge >= 0.3 is 0 Å². The van der Waals surface area contributed by atoms with E-state index in [-0.39, 0.29) is 17.5 Å². The number of rotatable bonds is 5. The first-order valence-electron chi connectivity index (χ1n) is 7.03. The SMILES string of the molecule is CCCC1CC(CN)(Nc2ccccc2F)CCO1. The first kappa shape index (κ1) is 14.3. The summed E-state index contributed by atoms with van der Waals surface area (Å²) in [5.41, 5.74) is 6.24. The van der Waals surface area contributed by atoms with E-state index in [1.807, 2.05) is 6.07 Å². The Kier molecular flexibility index (Phi) is 4.77. The number of nitrogens with two attached hydrogens (primary N) is 1. The van der Waals surface area contributed by atoms with E-state index in [0.29, 0.717) is 18.8 Å². The number of nitrogens with one attached hydrogen (secondary N) is 1. The first-order valence-corrected chi connectivity index (χ1v) is 7.03. The van der Waals surface area contributed by atoms with Crippen molar-refractivity contribution in [3.8, 4) is 0 Å². The van der Waals surface area contributed by atoms with Gasteiger partial charge in [0.1, 0.15) is 5.82 Å². The molecular weight excluding hydrogens is 243 g/mol. The normalized spacial score (nSPS) is 27.2. The van der Waals surface area contributed by atoms with Crippen LogP contribution in [0.25, 0.3) is 0 Å². The van der Waals surface area contributed by atoms with Gasteiger partial charge < -0.3 is 15.8 Å². The van der Waals surface area contributed by atoms with Gasteiger partial charge in [-0.25, -0.2) is 4.39 Å². The Labute approximate surface area is 114 Å². The van der Waals surface area contributed by atoms with E-state index in [2.05, 4.69) is 12.2 Å². The summed E-state index contributed by atoms with van der Waals surface area (Å²) in [6.07, 6.45) is 4.00. The minimum absolute atomic E-state index is 0.224. The van der Waals surface area contributed by atoms with Gasteiger partial charge in [-0.1, -0.05) is 25.5 Å². The van der Waals surface area contributed by atoms with Gasteiger partial charge in [0.25, 0.3) is 0 Å². The average molecular weight is 266 g/mol. The Balaban J connectivity index is 2.11. The summed E-state index contributed by atoms with van der Waals surface area (Å²) in [6.45, 7) is 3.32. The Bertz CT molecular complexity index is 411. The zero-order valence-corrected chi connectivity index (χ0v) is 11.5. The predicted molar refractivity (Wildman–Crippen MR) is 75.7 cm³/mol. The molecule has 1 heterocycles. The smallest absolute Gasteiger partial charge is 0.146 e. The maximum atomic E-state index is 13.8. The number of benzene rings is 1. The topological polar surface area (TPSA) is 47.3 Å². The fraction of sp³-hybridized carbons (Fsp3) is 0.600. The molecule has 0 bridgehead atoms. The monoisotopic (exact) mass is 266 g/mol. The molecule has 4 heteroatoms. The van der Waals surface area contributed by atoms with E-state index in [9.17, 15) is 4.39 Å². The van der Waals surface area contributed by atoms with Crippen LogP contribution in [0, 0.1) is 5.82 Å². The van der Waals surface area contributed by atoms with Crippen molar-refractivity contribution in [1.29, 1.82) is 0 Å². The highest BCUT2D eigenvalue weighted by Gasteiger charge is 2.36. The third kappa shape index (κ3) is 3.45. The minimum Gasteiger partial charge on any atom is -0.378 e. The zero-order chi connectivity index (χ0) is 13.7. The molecule has 106 valence electrons. The van der Waals surface area contributed by atoms with E-state index >= 15 is 0 Å². The predicted octanol–water partition coefficient (Wildman–Crippen LogP) is 2.91. The van der Waals surface area contributed by atoms with Crippen LogP contribution in [0.5, 0.6) is 0 Å². The number of halogens is 1. The highest BCUT2D eigenvalue weighted by atomic mass is 19.1. The van der Waals surface area contributed by atoms with E-state index < -0.39 is 0 Å². The molecule has 1 aromatic carbocycles. The van der Waals surface area contributed by atoms with Gasteiger partial charge in [0, 0.05) is 13.2 Å². The third-order valence-corrected chi connectivity index (χ3v) is 3.83. The molecule has 1 fully saturated rings. The van der Waals surface area contributed by atoms with Crippen LogP contribution in [-0.2, 0) is 4.74 Å². The summed E-state index contributed by atoms with van der Waals surface area (Å²) in [5.74, 6) is -0.228. The van der Waals surface area contributed by atoms with E-state index in [0.717, 1.165) is 25.7 Å². The van der Waals surface area contributed by atoms with Crippen LogP contribution >= 0.6 is 0 Å². The van der Waals surface area contributed by atoms with Crippen LogP contribution < -0.4 is 11.1 Å². The highest BCUT2D eigenvalue weighted by Crippen LogP contribution is 2.30. The minimum atomic E-state index is -0.250. The lowest BCUT2D eigenvalue weighted by Crippen LogP contribution is -2.52. The van der Waals surface area contributed by atoms with Gasteiger partial charge in [0.05, 0.1) is 17.3 Å². The van der Waals surface area contributed by atoms with Gasteiger partial charge in [-0.2, -0.15) is 0 Å². The van der Waals surface area contributed by atoms with E-state index in [1.54, 1.807) is 12.1 Å². The lowest BCUT2D eigenvalue weighted by atomic mass is 9.85. The Hall–Kier alpha value is -1.13. The summed E-state index contributed by atoms with van der Waals surface area (Å²) in [7, 11) is 0. The highest BCUT2D eigenvalue weighted by molar-refractivity contribution is 5.47. The molecule has 0 amide bonds. The van der Waals surface area contributed by atoms with Gasteiger partial charge in [-0.15, -0.1) is 0 Å². The van der Waals surface area contributed by atoms with Gasteiger partial charge in [0.15, 0.2) is 0 Å². The number of para-hydroxylation sites is 1. The maximum absolute atomic E-state index is 13.8. The van der Waals surface area contributed by atoms with Crippen molar-refractivity contribution < 1.29 is 9.13 Å². The number of hydrogen-bond donors (Lipinski definition) is 2. The fourth-order valence-corrected chi connectivity index (χ4v) is 2.72. The van der Waals surface area contributed by atoms with E-state index in [4.69, 9.17) is 10.5 Å². The molecule has 0 radical (unpaired) electrons. The molecule has 3 nitrogen and oxygen atoms in total. The molecule has 3 N–H and O–H groups in total. The molecule has 1 aliphatic heterocycles. The van der Waals surface area contributed by atoms with Crippen molar-refractivity contribution in [3.63, 3.8) is 0 Å². The van der Waals surface area contributed by atoms with Crippen molar-refractivity contribution in [2.75, 3.05) is 18.5 Å². The molecule has 19 heavy (non-hydrogen) atoms. The largest absolute Gasteiger partial charge is 0.378 e. The Morgan fingerprint density at radius 1 is 1.47 bits per heavy atom. The first-order chi connectivity index (χ1) is 9.19. The van der Waals surface area contributed by atoms with Crippen molar-refractivity contribution in [2.45, 2.75) is 44.2 Å². The molecular formula is C15H23FN2O. The quantitative estimate of drug-likeness (QED) is 0.861. The lowest BCUT2D eigenvalue weighted by Gasteiger charge is -2.41. The Morgan fingerprint density at radius 2 is 2.26 bits per heavy atom. The van der Waals surface area contributed by atoms with Crippen LogP contribution in [-0.4, -0.2) is 24.8 Å².